The Morgan fingerprint density at radius 2 is 1.11 bits per heavy atom. The maximum absolute atomic E-state index is 8.33. The molecular formula is CH4AlNaO6. The third kappa shape index (κ3) is 832. The normalized spacial score (nSPS) is 2.67. The van der Waals surface area contributed by atoms with Crippen LogP contribution in [0.4, 0.5) is 4.79 Å². The fourth-order valence-electron chi connectivity index (χ4n) is 0. The number of rotatable bonds is 0. The quantitative estimate of drug-likeness (QED) is 0.323. The van der Waals surface area contributed by atoms with Crippen LogP contribution in [0.1, 0.15) is 0 Å². The van der Waals surface area contributed by atoms with Gasteiger partial charge < -0.3 is 31.4 Å². The Morgan fingerprint density at radius 3 is 1.11 bits per heavy atom. The standard InChI is InChI=1S/CH2O3.Al.Na.3H2O/c2-1(3)4;;;;;/h(H2,2,3,4);;;3*1H2/q;+3;+1;;;/p-4. The van der Waals surface area contributed by atoms with E-state index >= 15 is 0 Å². The molecule has 4 N–H and O–H groups in total. The first-order chi connectivity index (χ1) is 1.73. The van der Waals surface area contributed by atoms with E-state index in [1.54, 1.807) is 0 Å². The Kier molecular flexibility index (Phi) is 226. The van der Waals surface area contributed by atoms with Crippen LogP contribution in [0.25, 0.3) is 0 Å². The van der Waals surface area contributed by atoms with Gasteiger partial charge in [0.2, 0.25) is 0 Å². The zero-order valence-corrected chi connectivity index (χ0v) is 7.85. The van der Waals surface area contributed by atoms with Gasteiger partial charge in [0.05, 0.1) is 0 Å². The SMILES string of the molecule is O.O=C([O-])[O-].[Al+3].[Na+].[OH-].[OH-]. The van der Waals surface area contributed by atoms with Crippen molar-refractivity contribution >= 4 is 23.5 Å². The Bertz CT molecular complexity index is 36.0. The fraction of sp³-hybridized carbons (Fsp3) is 0. The van der Waals surface area contributed by atoms with Gasteiger partial charge in [-0.15, -0.1) is 0 Å². The van der Waals surface area contributed by atoms with Gasteiger partial charge in [-0.1, -0.05) is 0 Å². The van der Waals surface area contributed by atoms with Crippen LogP contribution in [0, 0.1) is 0 Å². The van der Waals surface area contributed by atoms with Gasteiger partial charge in [0.25, 0.3) is 0 Å². The van der Waals surface area contributed by atoms with Gasteiger partial charge >= 0.3 is 46.9 Å². The van der Waals surface area contributed by atoms with Crippen LogP contribution in [-0.2, 0) is 0 Å². The van der Waals surface area contributed by atoms with Gasteiger partial charge in [-0.25, -0.2) is 0 Å². The zero-order chi connectivity index (χ0) is 3.58. The summed E-state index contributed by atoms with van der Waals surface area (Å²) in [7, 11) is 0. The van der Waals surface area contributed by atoms with E-state index in [0.717, 1.165) is 0 Å². The van der Waals surface area contributed by atoms with Crippen LogP contribution in [0.3, 0.4) is 0 Å². The smallest absolute Gasteiger partial charge is 0.870 e. The number of carboxylic acid groups (broad SMARTS) is 2. The predicted molar refractivity (Wildman–Crippen MR) is 18.6 cm³/mol. The van der Waals surface area contributed by atoms with Crippen molar-refractivity contribution < 1.29 is 61.0 Å². The average Bonchev–Trinajstić information content (AvgIpc) is 0.811. The van der Waals surface area contributed by atoms with Crippen molar-refractivity contribution in [2.24, 2.45) is 0 Å². The van der Waals surface area contributed by atoms with Crippen molar-refractivity contribution in [3.8, 4) is 0 Å². The molecule has 0 aliphatic heterocycles. The van der Waals surface area contributed by atoms with Crippen molar-refractivity contribution in [1.29, 1.82) is 0 Å². The van der Waals surface area contributed by atoms with E-state index in [2.05, 4.69) is 0 Å². The molecule has 0 aromatic heterocycles. The fourth-order valence-corrected chi connectivity index (χ4v) is 0. The molecular weight excluding hydrogens is 158 g/mol. The molecule has 0 bridgehead atoms. The summed E-state index contributed by atoms with van der Waals surface area (Å²) in [6.45, 7) is 0. The van der Waals surface area contributed by atoms with Gasteiger partial charge in [-0.05, 0) is 6.16 Å². The molecule has 0 saturated carbocycles. The largest absolute Gasteiger partial charge is 3.00 e. The molecule has 0 atom stereocenters. The first kappa shape index (κ1) is 53.8. The number of hydrogen-bond acceptors (Lipinski definition) is 5. The minimum Gasteiger partial charge on any atom is -0.870 e. The number of hydrogen-bond donors (Lipinski definition) is 0. The Morgan fingerprint density at radius 1 is 1.11 bits per heavy atom. The summed E-state index contributed by atoms with van der Waals surface area (Å²) in [6.07, 6.45) is -2.33. The van der Waals surface area contributed by atoms with E-state index in [1.807, 2.05) is 0 Å². The molecule has 48 valence electrons. The third-order valence-corrected chi connectivity index (χ3v) is 0. The molecule has 0 aromatic carbocycles. The van der Waals surface area contributed by atoms with Crippen LogP contribution in [0.2, 0.25) is 0 Å². The van der Waals surface area contributed by atoms with Crippen LogP contribution in [0.15, 0.2) is 0 Å². The molecule has 0 aliphatic carbocycles. The Labute approximate surface area is 84.2 Å². The Hall–Kier alpha value is 0.682. The van der Waals surface area contributed by atoms with E-state index in [-0.39, 0.29) is 63.3 Å². The molecule has 8 heteroatoms. The van der Waals surface area contributed by atoms with E-state index in [9.17, 15) is 0 Å². The predicted octanol–water partition coefficient (Wildman–Crippen LogP) is -7.00. The third-order valence-electron chi connectivity index (χ3n) is 0. The molecule has 0 fully saturated rings. The molecule has 0 saturated heterocycles. The summed E-state index contributed by atoms with van der Waals surface area (Å²) in [5, 5.41) is 16.7. The summed E-state index contributed by atoms with van der Waals surface area (Å²) < 4.78 is 0. The second-order valence-corrected chi connectivity index (χ2v) is 0.250. The van der Waals surface area contributed by atoms with Crippen molar-refractivity contribution in [2.45, 2.75) is 0 Å². The summed E-state index contributed by atoms with van der Waals surface area (Å²) in [6, 6.07) is 0. The molecule has 0 heterocycles. The molecule has 0 aromatic rings. The van der Waals surface area contributed by atoms with Gasteiger partial charge in [-0.3, -0.25) is 0 Å². The summed E-state index contributed by atoms with van der Waals surface area (Å²) in [5.74, 6) is 0. The van der Waals surface area contributed by atoms with E-state index in [1.165, 1.54) is 0 Å². The van der Waals surface area contributed by atoms with Gasteiger partial charge in [0, 0.05) is 0 Å². The van der Waals surface area contributed by atoms with Gasteiger partial charge in [0.1, 0.15) is 0 Å². The molecule has 9 heavy (non-hydrogen) atoms. The maximum Gasteiger partial charge on any atom is 3.00 e. The monoisotopic (exact) mass is 162 g/mol. The second-order valence-electron chi connectivity index (χ2n) is 0.250. The number of carbonyl (C=O) groups excluding carboxylic acids is 1. The Balaban J connectivity index is -0.00000000450. The summed E-state index contributed by atoms with van der Waals surface area (Å²) >= 11 is 0. The van der Waals surface area contributed by atoms with E-state index in [4.69, 9.17) is 15.0 Å². The van der Waals surface area contributed by atoms with Crippen LogP contribution in [-0.4, -0.2) is 39.9 Å². The van der Waals surface area contributed by atoms with E-state index < -0.39 is 6.16 Å². The molecule has 0 rings (SSSR count). The topological polar surface area (TPSA) is 155 Å². The zero-order valence-electron chi connectivity index (χ0n) is 4.70. The molecule has 0 aliphatic rings. The first-order valence-corrected chi connectivity index (χ1v) is 0.612. The van der Waals surface area contributed by atoms with Crippen molar-refractivity contribution in [3.63, 3.8) is 0 Å². The maximum atomic E-state index is 8.33. The van der Waals surface area contributed by atoms with Crippen LogP contribution in [0.5, 0.6) is 0 Å². The molecule has 0 unspecified atom stereocenters. The van der Waals surface area contributed by atoms with Gasteiger partial charge in [0.15, 0.2) is 0 Å². The van der Waals surface area contributed by atoms with E-state index in [0.29, 0.717) is 0 Å². The average molecular weight is 162 g/mol. The molecule has 6 nitrogen and oxygen atoms in total. The number of carbonyl (C=O) groups is 1. The van der Waals surface area contributed by atoms with Crippen LogP contribution >= 0.6 is 0 Å². The minimum absolute atomic E-state index is 0. The molecule has 0 amide bonds. The summed E-state index contributed by atoms with van der Waals surface area (Å²) in [5.41, 5.74) is 0. The van der Waals surface area contributed by atoms with Gasteiger partial charge in [-0.2, -0.15) is 0 Å². The van der Waals surface area contributed by atoms with Crippen molar-refractivity contribution in [3.05, 3.63) is 0 Å². The second kappa shape index (κ2) is 37.8. The summed E-state index contributed by atoms with van der Waals surface area (Å²) in [4.78, 5) is 8.33. The molecule has 0 spiro atoms. The minimum atomic E-state index is -2.33. The van der Waals surface area contributed by atoms with Crippen molar-refractivity contribution in [2.75, 3.05) is 0 Å². The molecule has 0 radical (unpaired) electrons. The van der Waals surface area contributed by atoms with Crippen molar-refractivity contribution in [1.82, 2.24) is 0 Å². The first-order valence-electron chi connectivity index (χ1n) is 0.612. The van der Waals surface area contributed by atoms with Crippen LogP contribution < -0.4 is 39.8 Å².